The van der Waals surface area contributed by atoms with E-state index in [1.54, 1.807) is 0 Å². The summed E-state index contributed by atoms with van der Waals surface area (Å²) in [5.41, 5.74) is 0. The first-order valence-corrected chi connectivity index (χ1v) is 3.73. The van der Waals surface area contributed by atoms with Gasteiger partial charge in [0.25, 0.3) is 0 Å². The van der Waals surface area contributed by atoms with Crippen LogP contribution in [0.4, 0.5) is 0 Å². The van der Waals surface area contributed by atoms with Crippen LogP contribution in [0.1, 0.15) is 33.1 Å². The molecule has 1 unspecified atom stereocenters. The summed E-state index contributed by atoms with van der Waals surface area (Å²) in [6.45, 7) is 4.30. The van der Waals surface area contributed by atoms with E-state index in [2.05, 4.69) is 13.8 Å². The number of halogens is 1. The van der Waals surface area contributed by atoms with Crippen LogP contribution < -0.4 is 0 Å². The van der Waals surface area contributed by atoms with Crippen LogP contribution in [0.3, 0.4) is 0 Å². The van der Waals surface area contributed by atoms with E-state index in [-0.39, 0.29) is 4.87 Å². The van der Waals surface area contributed by atoms with Crippen molar-refractivity contribution in [1.82, 2.24) is 0 Å². The van der Waals surface area contributed by atoms with Gasteiger partial charge in [-0.15, -0.1) is 11.6 Å². The molecule has 1 rings (SSSR count). The lowest BCUT2D eigenvalue weighted by Crippen LogP contribution is -2.16. The SMILES string of the molecule is CCC(C)(Cl)C1CC1. The Kier molecular flexibility index (Phi) is 1.53. The molecule has 0 bridgehead atoms. The van der Waals surface area contributed by atoms with Crippen molar-refractivity contribution < 1.29 is 0 Å². The molecule has 0 spiro atoms. The van der Waals surface area contributed by atoms with Gasteiger partial charge < -0.3 is 0 Å². The zero-order chi connectivity index (χ0) is 6.20. The van der Waals surface area contributed by atoms with Gasteiger partial charge >= 0.3 is 0 Å². The van der Waals surface area contributed by atoms with Crippen LogP contribution >= 0.6 is 11.6 Å². The Morgan fingerprint density at radius 2 is 2.12 bits per heavy atom. The molecule has 8 heavy (non-hydrogen) atoms. The molecule has 0 N–H and O–H groups in total. The average molecular weight is 133 g/mol. The number of hydrogen-bond acceptors (Lipinski definition) is 0. The van der Waals surface area contributed by atoms with Crippen molar-refractivity contribution in [3.63, 3.8) is 0 Å². The highest BCUT2D eigenvalue weighted by atomic mass is 35.5. The standard InChI is InChI=1S/C7H13Cl/c1-3-7(2,8)6-4-5-6/h6H,3-5H2,1-2H3. The van der Waals surface area contributed by atoms with Crippen LogP contribution in [0.15, 0.2) is 0 Å². The second-order valence-corrected chi connectivity index (χ2v) is 3.77. The highest BCUT2D eigenvalue weighted by molar-refractivity contribution is 6.24. The van der Waals surface area contributed by atoms with E-state index in [1.807, 2.05) is 0 Å². The van der Waals surface area contributed by atoms with Crippen LogP contribution in [-0.4, -0.2) is 4.87 Å². The van der Waals surface area contributed by atoms with Gasteiger partial charge in [-0.2, -0.15) is 0 Å². The topological polar surface area (TPSA) is 0 Å². The lowest BCUT2D eigenvalue weighted by molar-refractivity contribution is 0.535. The van der Waals surface area contributed by atoms with Crippen molar-refractivity contribution in [1.29, 1.82) is 0 Å². The molecule has 0 amide bonds. The first-order valence-electron chi connectivity index (χ1n) is 3.35. The summed E-state index contributed by atoms with van der Waals surface area (Å²) in [5, 5.41) is 0. The monoisotopic (exact) mass is 132 g/mol. The number of hydrogen-bond donors (Lipinski definition) is 0. The summed E-state index contributed by atoms with van der Waals surface area (Å²) in [7, 11) is 0. The quantitative estimate of drug-likeness (QED) is 0.507. The van der Waals surface area contributed by atoms with Gasteiger partial charge in [0, 0.05) is 4.87 Å². The van der Waals surface area contributed by atoms with Crippen molar-refractivity contribution in [3.05, 3.63) is 0 Å². The van der Waals surface area contributed by atoms with Crippen LogP contribution in [-0.2, 0) is 0 Å². The molecule has 1 aliphatic carbocycles. The summed E-state index contributed by atoms with van der Waals surface area (Å²) in [6.07, 6.45) is 3.82. The molecule has 0 aromatic rings. The third-order valence-electron chi connectivity index (χ3n) is 2.12. The summed E-state index contributed by atoms with van der Waals surface area (Å²) in [5.74, 6) is 0.828. The van der Waals surface area contributed by atoms with E-state index in [0.29, 0.717) is 0 Å². The Labute approximate surface area is 56.2 Å². The molecule has 48 valence electrons. The van der Waals surface area contributed by atoms with Gasteiger partial charge in [-0.05, 0) is 32.1 Å². The smallest absolute Gasteiger partial charge is 0.0444 e. The molecule has 1 fully saturated rings. The minimum absolute atomic E-state index is 0.125. The second-order valence-electron chi connectivity index (χ2n) is 2.91. The van der Waals surface area contributed by atoms with E-state index in [0.717, 1.165) is 12.3 Å². The number of alkyl halides is 1. The van der Waals surface area contributed by atoms with E-state index in [4.69, 9.17) is 11.6 Å². The zero-order valence-electron chi connectivity index (χ0n) is 5.58. The third-order valence-corrected chi connectivity index (χ3v) is 2.70. The van der Waals surface area contributed by atoms with Gasteiger partial charge in [-0.3, -0.25) is 0 Å². The Morgan fingerprint density at radius 3 is 2.25 bits per heavy atom. The predicted octanol–water partition coefficient (Wildman–Crippen LogP) is 2.80. The Morgan fingerprint density at radius 1 is 1.62 bits per heavy atom. The fourth-order valence-electron chi connectivity index (χ4n) is 0.974. The maximum absolute atomic E-state index is 6.12. The Hall–Kier alpha value is 0.290. The lowest BCUT2D eigenvalue weighted by atomic mass is 10.0. The van der Waals surface area contributed by atoms with Crippen LogP contribution in [0.5, 0.6) is 0 Å². The molecule has 1 aliphatic rings. The maximum Gasteiger partial charge on any atom is 0.0444 e. The van der Waals surface area contributed by atoms with Crippen molar-refractivity contribution in [2.75, 3.05) is 0 Å². The molecule has 1 heteroatoms. The van der Waals surface area contributed by atoms with Gasteiger partial charge in [0.15, 0.2) is 0 Å². The molecular weight excluding hydrogens is 120 g/mol. The van der Waals surface area contributed by atoms with E-state index in [9.17, 15) is 0 Å². The van der Waals surface area contributed by atoms with Crippen molar-refractivity contribution in [2.24, 2.45) is 5.92 Å². The summed E-state index contributed by atoms with van der Waals surface area (Å²) in [4.78, 5) is 0.125. The normalized spacial score (nSPS) is 27.4. The molecule has 1 saturated carbocycles. The maximum atomic E-state index is 6.12. The van der Waals surface area contributed by atoms with Crippen LogP contribution in [0.25, 0.3) is 0 Å². The van der Waals surface area contributed by atoms with Gasteiger partial charge in [0.1, 0.15) is 0 Å². The summed E-state index contributed by atoms with van der Waals surface area (Å²) < 4.78 is 0. The van der Waals surface area contributed by atoms with E-state index < -0.39 is 0 Å². The fourth-order valence-corrected chi connectivity index (χ4v) is 1.19. The lowest BCUT2D eigenvalue weighted by Gasteiger charge is -2.17. The minimum Gasteiger partial charge on any atom is -0.119 e. The molecule has 0 saturated heterocycles. The molecule has 0 aromatic heterocycles. The molecule has 0 heterocycles. The molecule has 0 aromatic carbocycles. The van der Waals surface area contributed by atoms with Crippen LogP contribution in [0.2, 0.25) is 0 Å². The van der Waals surface area contributed by atoms with Gasteiger partial charge in [-0.25, -0.2) is 0 Å². The Bertz CT molecular complexity index is 82.4. The minimum atomic E-state index is 0.125. The van der Waals surface area contributed by atoms with Crippen LogP contribution in [0, 0.1) is 5.92 Å². The van der Waals surface area contributed by atoms with Gasteiger partial charge in [-0.1, -0.05) is 6.92 Å². The predicted molar refractivity (Wildman–Crippen MR) is 37.3 cm³/mol. The number of rotatable bonds is 2. The van der Waals surface area contributed by atoms with E-state index in [1.165, 1.54) is 12.8 Å². The fraction of sp³-hybridized carbons (Fsp3) is 1.00. The zero-order valence-corrected chi connectivity index (χ0v) is 6.33. The molecule has 0 aliphatic heterocycles. The Balaban J connectivity index is 2.37. The second kappa shape index (κ2) is 1.91. The highest BCUT2D eigenvalue weighted by Gasteiger charge is 2.38. The van der Waals surface area contributed by atoms with Gasteiger partial charge in [0.05, 0.1) is 0 Å². The molecule has 0 nitrogen and oxygen atoms in total. The van der Waals surface area contributed by atoms with Gasteiger partial charge in [0.2, 0.25) is 0 Å². The highest BCUT2D eigenvalue weighted by Crippen LogP contribution is 2.45. The summed E-state index contributed by atoms with van der Waals surface area (Å²) in [6, 6.07) is 0. The molecule has 0 radical (unpaired) electrons. The first kappa shape index (κ1) is 6.41. The van der Waals surface area contributed by atoms with Crippen molar-refractivity contribution in [2.45, 2.75) is 38.0 Å². The molecular formula is C7H13Cl. The first-order chi connectivity index (χ1) is 3.67. The average Bonchev–Trinajstić information content (AvgIpc) is 2.44. The molecule has 1 atom stereocenters. The third kappa shape index (κ3) is 1.17. The summed E-state index contributed by atoms with van der Waals surface area (Å²) >= 11 is 6.12. The largest absolute Gasteiger partial charge is 0.119 e. The van der Waals surface area contributed by atoms with Crippen molar-refractivity contribution in [3.8, 4) is 0 Å². The van der Waals surface area contributed by atoms with Crippen molar-refractivity contribution >= 4 is 11.6 Å². The van der Waals surface area contributed by atoms with E-state index >= 15 is 0 Å².